The highest BCUT2D eigenvalue weighted by Gasteiger charge is 2.38. The van der Waals surface area contributed by atoms with Gasteiger partial charge in [-0.15, -0.1) is 0 Å². The minimum absolute atomic E-state index is 0.119. The molecule has 0 amide bonds. The lowest BCUT2D eigenvalue weighted by Gasteiger charge is -2.27. The molecule has 34 heavy (non-hydrogen) atoms. The van der Waals surface area contributed by atoms with Crippen molar-refractivity contribution in [3.05, 3.63) is 83.8 Å². The third-order valence-corrected chi connectivity index (χ3v) is 8.25. The second-order valence-electron chi connectivity index (χ2n) is 10.2. The fourth-order valence-electron chi connectivity index (χ4n) is 4.91. The first-order chi connectivity index (χ1) is 16.4. The van der Waals surface area contributed by atoms with E-state index in [-0.39, 0.29) is 12.0 Å². The Morgan fingerprint density at radius 3 is 2.47 bits per heavy atom. The Bertz CT molecular complexity index is 1280. The normalized spacial score (nSPS) is 15.5. The van der Waals surface area contributed by atoms with Crippen molar-refractivity contribution < 1.29 is 9.84 Å². The van der Waals surface area contributed by atoms with E-state index < -0.39 is 10.0 Å². The first-order valence-electron chi connectivity index (χ1n) is 11.7. The van der Waals surface area contributed by atoms with Crippen molar-refractivity contribution in [3.8, 4) is 11.3 Å². The number of nitrogens with zero attached hydrogens (tertiary/aromatic N) is 3. The van der Waals surface area contributed by atoms with Gasteiger partial charge in [-0.2, -0.15) is 0 Å². The smallest absolute Gasteiger partial charge is 0.145 e. The number of aromatic nitrogens is 3. The molecule has 2 heterocycles. The summed E-state index contributed by atoms with van der Waals surface area (Å²) in [6, 6.07) is 19.1. The van der Waals surface area contributed by atoms with Gasteiger partial charge in [0.05, 0.1) is 18.9 Å². The monoisotopic (exact) mass is 475 g/mol. The van der Waals surface area contributed by atoms with E-state index >= 15 is 0 Å². The van der Waals surface area contributed by atoms with Crippen LogP contribution in [-0.4, -0.2) is 57.4 Å². The summed E-state index contributed by atoms with van der Waals surface area (Å²) in [5.41, 5.74) is 6.36. The fraction of sp³-hybridized carbons (Fsp3) is 0.357. The summed E-state index contributed by atoms with van der Waals surface area (Å²) < 4.78 is 8.00. The Labute approximate surface area is 203 Å². The van der Waals surface area contributed by atoms with Gasteiger partial charge in [-0.25, -0.2) is 20.0 Å². The van der Waals surface area contributed by atoms with Crippen LogP contribution in [0.4, 0.5) is 0 Å². The van der Waals surface area contributed by atoms with Crippen LogP contribution < -0.4 is 0 Å². The number of hydrogen-bond donors (Lipinski definition) is 1. The van der Waals surface area contributed by atoms with Crippen molar-refractivity contribution in [1.82, 2.24) is 14.5 Å². The highest BCUT2D eigenvalue weighted by Crippen LogP contribution is 2.41. The molecule has 178 valence electrons. The first kappa shape index (κ1) is 23.1. The van der Waals surface area contributed by atoms with Crippen LogP contribution >= 0.6 is 10.0 Å². The Hall–Kier alpha value is -2.67. The Balaban J connectivity index is 1.43. The van der Waals surface area contributed by atoms with E-state index in [2.05, 4.69) is 83.3 Å². The molecule has 0 spiro atoms. The molecule has 4 aromatic rings. The van der Waals surface area contributed by atoms with Crippen LogP contribution in [0.1, 0.15) is 16.7 Å². The quantitative estimate of drug-likeness (QED) is 0.372. The van der Waals surface area contributed by atoms with E-state index in [0.29, 0.717) is 6.73 Å². The predicted octanol–water partition coefficient (Wildman–Crippen LogP) is 4.80. The lowest BCUT2D eigenvalue weighted by atomic mass is 9.78. The Morgan fingerprint density at radius 1 is 1.00 bits per heavy atom. The molecular weight excluding hydrogens is 442 g/mol. The highest BCUT2D eigenvalue weighted by atomic mass is 32.3. The van der Waals surface area contributed by atoms with Crippen molar-refractivity contribution in [2.45, 2.75) is 25.0 Å². The maximum absolute atomic E-state index is 10.5. The molecular formula is C28H33N3O2S. The molecule has 0 aliphatic heterocycles. The highest BCUT2D eigenvalue weighted by molar-refractivity contribution is 8.32. The minimum Gasteiger partial charge on any atom is -0.395 e. The molecule has 5 rings (SSSR count). The molecule has 5 nitrogen and oxygen atoms in total. The summed E-state index contributed by atoms with van der Waals surface area (Å²) in [4.78, 5) is 9.20. The van der Waals surface area contributed by atoms with Gasteiger partial charge in [0.2, 0.25) is 0 Å². The molecule has 0 unspecified atom stereocenters. The average Bonchev–Trinajstić information content (AvgIpc) is 3.43. The maximum Gasteiger partial charge on any atom is 0.145 e. The summed E-state index contributed by atoms with van der Waals surface area (Å²) in [5.74, 6) is 1.09. The van der Waals surface area contributed by atoms with Crippen LogP contribution in [0.5, 0.6) is 0 Å². The van der Waals surface area contributed by atoms with Gasteiger partial charge in [-0.3, -0.25) is 0 Å². The molecule has 2 aromatic heterocycles. The molecule has 1 aliphatic carbocycles. The van der Waals surface area contributed by atoms with E-state index in [1.54, 1.807) is 6.33 Å². The van der Waals surface area contributed by atoms with Crippen LogP contribution in [-0.2, 0) is 29.7 Å². The van der Waals surface area contributed by atoms with Gasteiger partial charge >= 0.3 is 0 Å². The molecule has 0 saturated heterocycles. The number of aliphatic hydroxyl groups excluding tert-OH is 1. The van der Waals surface area contributed by atoms with E-state index in [1.165, 1.54) is 11.1 Å². The Kier molecular flexibility index (Phi) is 6.23. The van der Waals surface area contributed by atoms with Crippen molar-refractivity contribution in [2.75, 3.05) is 37.7 Å². The van der Waals surface area contributed by atoms with Crippen molar-refractivity contribution >= 4 is 21.1 Å². The molecule has 0 saturated carbocycles. The number of hydrogen-bond acceptors (Lipinski definition) is 4. The SMILES string of the molecule is CS(C)(C)CCOCn1ccc2c(-c3cccc(C4(CO)Cc5ccccc5C4)c3)ncnc21. The van der Waals surface area contributed by atoms with E-state index in [0.717, 1.165) is 53.1 Å². The molecule has 0 radical (unpaired) electrons. The summed E-state index contributed by atoms with van der Waals surface area (Å²) >= 11 is 0. The third kappa shape index (κ3) is 4.50. The number of benzene rings is 2. The molecule has 0 fully saturated rings. The lowest BCUT2D eigenvalue weighted by molar-refractivity contribution is 0.0923. The van der Waals surface area contributed by atoms with Crippen molar-refractivity contribution in [2.24, 2.45) is 0 Å². The van der Waals surface area contributed by atoms with Gasteiger partial charge in [0.15, 0.2) is 0 Å². The molecule has 1 aliphatic rings. The third-order valence-electron chi connectivity index (χ3n) is 6.85. The predicted molar refractivity (Wildman–Crippen MR) is 142 cm³/mol. The second-order valence-corrected chi connectivity index (χ2v) is 14.8. The summed E-state index contributed by atoms with van der Waals surface area (Å²) in [6.45, 7) is 1.36. The van der Waals surface area contributed by atoms with Crippen LogP contribution in [0.15, 0.2) is 67.1 Å². The van der Waals surface area contributed by atoms with Crippen molar-refractivity contribution in [1.29, 1.82) is 0 Å². The molecule has 0 atom stereocenters. The van der Waals surface area contributed by atoms with Crippen LogP contribution in [0.2, 0.25) is 0 Å². The summed E-state index contributed by atoms with van der Waals surface area (Å²) in [6.07, 6.45) is 12.3. The van der Waals surface area contributed by atoms with E-state index in [1.807, 2.05) is 10.8 Å². The maximum atomic E-state index is 10.5. The van der Waals surface area contributed by atoms with Crippen LogP contribution in [0.25, 0.3) is 22.3 Å². The van der Waals surface area contributed by atoms with Crippen LogP contribution in [0, 0.1) is 0 Å². The van der Waals surface area contributed by atoms with Crippen molar-refractivity contribution in [3.63, 3.8) is 0 Å². The zero-order chi connectivity index (χ0) is 23.8. The van der Waals surface area contributed by atoms with Crippen LogP contribution in [0.3, 0.4) is 0 Å². The fourth-order valence-corrected chi connectivity index (χ4v) is 5.53. The first-order valence-corrected chi connectivity index (χ1v) is 14.7. The van der Waals surface area contributed by atoms with Gasteiger partial charge < -0.3 is 14.4 Å². The van der Waals surface area contributed by atoms with Gasteiger partial charge in [-0.1, -0.05) is 42.5 Å². The molecule has 6 heteroatoms. The number of fused-ring (bicyclic) bond motifs is 2. The average molecular weight is 476 g/mol. The zero-order valence-corrected chi connectivity index (χ0v) is 21.0. The summed E-state index contributed by atoms with van der Waals surface area (Å²) in [7, 11) is -0.564. The van der Waals surface area contributed by atoms with E-state index in [9.17, 15) is 5.11 Å². The molecule has 2 aromatic carbocycles. The molecule has 0 bridgehead atoms. The molecule has 1 N–H and O–H groups in total. The lowest BCUT2D eigenvalue weighted by Crippen LogP contribution is -2.31. The number of ether oxygens (including phenoxy) is 1. The van der Waals surface area contributed by atoms with Gasteiger partial charge in [0.1, 0.15) is 18.7 Å². The standard InChI is InChI=1S/C28H33N3O2S/c1-34(2,3)14-13-33-20-31-12-11-25-26(29-19-30-27(25)31)21-9-6-10-24(15-21)28(18-32)16-22-7-4-5-8-23(22)17-28/h4-12,15,19,32H,13-14,16-18,20H2,1-3H3. The second kappa shape index (κ2) is 9.17. The topological polar surface area (TPSA) is 60.2 Å². The Morgan fingerprint density at radius 2 is 1.76 bits per heavy atom. The van der Waals surface area contributed by atoms with Gasteiger partial charge in [0, 0.05) is 28.3 Å². The summed E-state index contributed by atoms with van der Waals surface area (Å²) in [5, 5.41) is 11.5. The number of aliphatic hydroxyl groups is 1. The largest absolute Gasteiger partial charge is 0.395 e. The minimum atomic E-state index is -0.564. The van der Waals surface area contributed by atoms with Gasteiger partial charge in [-0.05, 0) is 60.4 Å². The van der Waals surface area contributed by atoms with E-state index in [4.69, 9.17) is 4.74 Å². The zero-order valence-electron chi connectivity index (χ0n) is 20.2. The number of rotatable bonds is 8. The van der Waals surface area contributed by atoms with Gasteiger partial charge in [0.25, 0.3) is 0 Å².